The number of unbranched alkanes of at least 4 members (excludes halogenated alkanes) is 1. The predicted molar refractivity (Wildman–Crippen MR) is 147 cm³/mol. The van der Waals surface area contributed by atoms with Gasteiger partial charge >= 0.3 is 5.97 Å². The monoisotopic (exact) mass is 501 g/mol. The first-order valence-electron chi connectivity index (χ1n) is 12.4. The second kappa shape index (κ2) is 12.6. The quantitative estimate of drug-likeness (QED) is 0.197. The van der Waals surface area contributed by atoms with Crippen molar-refractivity contribution in [2.75, 3.05) is 13.7 Å². The summed E-state index contributed by atoms with van der Waals surface area (Å²) in [4.78, 5) is 11.1. The number of hydrogen-bond acceptors (Lipinski definition) is 3. The lowest BCUT2D eigenvalue weighted by Crippen LogP contribution is -2.24. The smallest absolute Gasteiger partial charge is 0.335 e. The molecule has 0 radical (unpaired) electrons. The Morgan fingerprint density at radius 3 is 2.39 bits per heavy atom. The number of aromatic carboxylic acids is 1. The van der Waals surface area contributed by atoms with E-state index in [4.69, 9.17) is 21.4 Å². The summed E-state index contributed by atoms with van der Waals surface area (Å²) >= 11 is 6.28. The molecule has 5 heteroatoms. The number of fused-ring (bicyclic) bond motifs is 1. The number of ether oxygens (including phenoxy) is 1. The van der Waals surface area contributed by atoms with Crippen LogP contribution < -0.4 is 10.1 Å². The zero-order valence-electron chi connectivity index (χ0n) is 20.5. The fourth-order valence-corrected chi connectivity index (χ4v) is 4.75. The normalized spacial score (nSPS) is 11.9. The number of nitrogens with one attached hydrogen (secondary N) is 1. The lowest BCUT2D eigenvalue weighted by molar-refractivity contribution is 0.0697. The molecule has 0 bridgehead atoms. The van der Waals surface area contributed by atoms with Crippen molar-refractivity contribution < 1.29 is 14.6 Å². The first-order valence-corrected chi connectivity index (χ1v) is 12.8. The molecule has 0 aliphatic carbocycles. The van der Waals surface area contributed by atoms with E-state index in [2.05, 4.69) is 41.7 Å². The lowest BCUT2D eigenvalue weighted by Gasteiger charge is -2.20. The molecule has 186 valence electrons. The van der Waals surface area contributed by atoms with Gasteiger partial charge in [-0.05, 0) is 96.1 Å². The van der Waals surface area contributed by atoms with Gasteiger partial charge in [0.15, 0.2) is 0 Å². The van der Waals surface area contributed by atoms with Gasteiger partial charge in [-0.1, -0.05) is 66.6 Å². The van der Waals surface area contributed by atoms with Gasteiger partial charge in [-0.15, -0.1) is 0 Å². The van der Waals surface area contributed by atoms with Crippen LogP contribution in [0.2, 0.25) is 5.02 Å². The van der Waals surface area contributed by atoms with Gasteiger partial charge in [-0.3, -0.25) is 0 Å². The molecule has 0 aliphatic rings. The van der Waals surface area contributed by atoms with Gasteiger partial charge in [0.2, 0.25) is 0 Å². The number of carboxylic acid groups (broad SMARTS) is 1. The van der Waals surface area contributed by atoms with Crippen LogP contribution in [-0.4, -0.2) is 24.7 Å². The van der Waals surface area contributed by atoms with Gasteiger partial charge in [0.05, 0.1) is 12.7 Å². The Labute approximate surface area is 217 Å². The lowest BCUT2D eigenvalue weighted by atomic mass is 9.98. The van der Waals surface area contributed by atoms with Crippen LogP contribution in [0, 0.1) is 0 Å². The average Bonchev–Trinajstić information content (AvgIpc) is 2.90. The number of carboxylic acids is 1. The average molecular weight is 502 g/mol. The molecule has 1 atom stereocenters. The van der Waals surface area contributed by atoms with Crippen molar-refractivity contribution in [3.8, 4) is 5.75 Å². The molecule has 4 aromatic carbocycles. The molecule has 0 fully saturated rings. The Bertz CT molecular complexity index is 1300. The highest BCUT2D eigenvalue weighted by Crippen LogP contribution is 2.25. The van der Waals surface area contributed by atoms with Gasteiger partial charge in [0.25, 0.3) is 0 Å². The molecule has 0 spiro atoms. The van der Waals surface area contributed by atoms with E-state index in [0.29, 0.717) is 5.56 Å². The molecule has 0 aliphatic heterocycles. The first kappa shape index (κ1) is 25.7. The third-order valence-corrected chi connectivity index (χ3v) is 6.81. The number of methoxy groups -OCH3 is 1. The van der Waals surface area contributed by atoms with E-state index in [0.717, 1.165) is 55.0 Å². The van der Waals surface area contributed by atoms with E-state index in [1.165, 1.54) is 21.9 Å². The fraction of sp³-hybridized carbons (Fsp3) is 0.258. The Balaban J connectivity index is 1.32. The number of aryl methyl sites for hydroxylation is 1. The highest BCUT2D eigenvalue weighted by atomic mass is 35.5. The van der Waals surface area contributed by atoms with Crippen molar-refractivity contribution in [2.45, 2.75) is 38.1 Å². The zero-order valence-corrected chi connectivity index (χ0v) is 21.3. The van der Waals surface area contributed by atoms with Crippen molar-refractivity contribution in [1.29, 1.82) is 0 Å². The van der Waals surface area contributed by atoms with E-state index < -0.39 is 5.97 Å². The summed E-state index contributed by atoms with van der Waals surface area (Å²) in [5, 5.41) is 16.0. The number of benzene rings is 4. The summed E-state index contributed by atoms with van der Waals surface area (Å²) in [7, 11) is 1.69. The second-order valence-electron chi connectivity index (χ2n) is 9.11. The number of hydrogen-bond donors (Lipinski definition) is 2. The largest absolute Gasteiger partial charge is 0.497 e. The highest BCUT2D eigenvalue weighted by Gasteiger charge is 2.12. The third-order valence-electron chi connectivity index (χ3n) is 6.58. The molecular weight excluding hydrogens is 470 g/mol. The third kappa shape index (κ3) is 7.09. The second-order valence-corrected chi connectivity index (χ2v) is 9.54. The highest BCUT2D eigenvalue weighted by molar-refractivity contribution is 6.30. The maximum atomic E-state index is 11.1. The van der Waals surface area contributed by atoms with Crippen LogP contribution in [0.3, 0.4) is 0 Å². The van der Waals surface area contributed by atoms with Gasteiger partial charge in [-0.25, -0.2) is 4.79 Å². The van der Waals surface area contributed by atoms with Crippen LogP contribution in [-0.2, 0) is 12.8 Å². The minimum Gasteiger partial charge on any atom is -0.497 e. The minimum atomic E-state index is -0.899. The van der Waals surface area contributed by atoms with Gasteiger partial charge in [0.1, 0.15) is 5.75 Å². The van der Waals surface area contributed by atoms with E-state index >= 15 is 0 Å². The summed E-state index contributed by atoms with van der Waals surface area (Å²) < 4.78 is 5.33. The van der Waals surface area contributed by atoms with E-state index in [1.54, 1.807) is 19.2 Å². The van der Waals surface area contributed by atoms with Crippen LogP contribution in [0.5, 0.6) is 5.75 Å². The van der Waals surface area contributed by atoms with Crippen molar-refractivity contribution in [3.05, 3.63) is 112 Å². The SMILES string of the molecule is COc1ccc2cc(CCCCC(NCCc3ccc(C(=O)O)cc3)c3cccc(Cl)c3)ccc2c1. The minimum absolute atomic E-state index is 0.214. The Kier molecular flexibility index (Phi) is 8.99. The van der Waals surface area contributed by atoms with Crippen molar-refractivity contribution in [3.63, 3.8) is 0 Å². The molecule has 4 nitrogen and oxygen atoms in total. The summed E-state index contributed by atoms with van der Waals surface area (Å²) in [6, 6.07) is 28.2. The van der Waals surface area contributed by atoms with Gasteiger partial charge in [0, 0.05) is 11.1 Å². The molecule has 0 amide bonds. The number of carbonyl (C=O) groups is 1. The predicted octanol–water partition coefficient (Wildman–Crippen LogP) is 7.49. The molecule has 0 saturated heterocycles. The molecule has 0 aromatic heterocycles. The van der Waals surface area contributed by atoms with Crippen LogP contribution >= 0.6 is 11.6 Å². The molecule has 2 N–H and O–H groups in total. The Morgan fingerprint density at radius 2 is 1.64 bits per heavy atom. The van der Waals surface area contributed by atoms with Gasteiger partial charge < -0.3 is 15.2 Å². The summed E-state index contributed by atoms with van der Waals surface area (Å²) in [5.74, 6) is -0.0169. The molecule has 0 heterocycles. The van der Waals surface area contributed by atoms with E-state index in [1.807, 2.05) is 36.4 Å². The standard InChI is InChI=1S/C31H32ClNO3/c1-36-29-16-15-25-19-23(11-14-26(25)21-29)5-2-3-8-30(27-6-4-7-28(32)20-27)33-18-17-22-9-12-24(13-10-22)31(34)35/h4,6-7,9-16,19-21,30,33H,2-3,5,8,17-18H2,1H3,(H,34,35). The number of rotatable bonds is 12. The van der Waals surface area contributed by atoms with E-state index in [9.17, 15) is 4.79 Å². The summed E-state index contributed by atoms with van der Waals surface area (Å²) in [6.07, 6.45) is 5.09. The van der Waals surface area contributed by atoms with Crippen LogP contribution in [0.15, 0.2) is 84.9 Å². The molecule has 1 unspecified atom stereocenters. The summed E-state index contributed by atoms with van der Waals surface area (Å²) in [6.45, 7) is 0.803. The maximum Gasteiger partial charge on any atom is 0.335 e. The van der Waals surface area contributed by atoms with Crippen LogP contribution in [0.4, 0.5) is 0 Å². The fourth-order valence-electron chi connectivity index (χ4n) is 4.55. The van der Waals surface area contributed by atoms with Crippen molar-refractivity contribution >= 4 is 28.3 Å². The Hall–Kier alpha value is -3.34. The molecule has 4 aromatic rings. The summed E-state index contributed by atoms with van der Waals surface area (Å²) in [5.41, 5.74) is 3.98. The van der Waals surface area contributed by atoms with Crippen LogP contribution in [0.1, 0.15) is 52.4 Å². The molecule has 0 saturated carbocycles. The van der Waals surface area contributed by atoms with Crippen molar-refractivity contribution in [2.24, 2.45) is 0 Å². The first-order chi connectivity index (χ1) is 17.5. The topological polar surface area (TPSA) is 58.6 Å². The molecular formula is C31H32ClNO3. The molecule has 4 rings (SSSR count). The van der Waals surface area contributed by atoms with E-state index in [-0.39, 0.29) is 6.04 Å². The van der Waals surface area contributed by atoms with Crippen LogP contribution in [0.25, 0.3) is 10.8 Å². The maximum absolute atomic E-state index is 11.1. The number of halogens is 1. The van der Waals surface area contributed by atoms with Crippen molar-refractivity contribution in [1.82, 2.24) is 5.32 Å². The zero-order chi connectivity index (χ0) is 25.3. The van der Waals surface area contributed by atoms with Gasteiger partial charge in [-0.2, -0.15) is 0 Å². The Morgan fingerprint density at radius 1 is 0.889 bits per heavy atom. The molecule has 36 heavy (non-hydrogen) atoms.